The number of phenolic OH excluding ortho intramolecular Hbond substituents is 1. The number of benzene rings is 1. The van der Waals surface area contributed by atoms with E-state index in [4.69, 9.17) is 27.9 Å². The Morgan fingerprint density at radius 2 is 2.00 bits per heavy atom. The van der Waals surface area contributed by atoms with Crippen molar-refractivity contribution in [1.82, 2.24) is 0 Å². The van der Waals surface area contributed by atoms with Gasteiger partial charge >= 0.3 is 0 Å². The first-order valence-corrected chi connectivity index (χ1v) is 8.08. The van der Waals surface area contributed by atoms with Gasteiger partial charge in [0.15, 0.2) is 5.75 Å². The molecule has 0 bridgehead atoms. The topological polar surface area (TPSA) is 75.6 Å². The third-order valence-corrected chi connectivity index (χ3v) is 4.65. The number of aromatic hydroxyl groups is 1. The van der Waals surface area contributed by atoms with E-state index >= 15 is 0 Å². The first kappa shape index (κ1) is 14.7. The van der Waals surface area contributed by atoms with E-state index in [9.17, 15) is 13.5 Å². The number of anilines is 1. The van der Waals surface area contributed by atoms with Gasteiger partial charge in [-0.25, -0.2) is 8.42 Å². The highest BCUT2D eigenvalue weighted by molar-refractivity contribution is 7.92. The Balaban J connectivity index is 2.11. The van der Waals surface area contributed by atoms with Gasteiger partial charge in [-0.15, -0.1) is 0 Å². The summed E-state index contributed by atoms with van der Waals surface area (Å²) in [6, 6.07) is 2.60. The molecule has 0 saturated carbocycles. The number of rotatable bonds is 4. The maximum atomic E-state index is 11.9. The number of ether oxygens (including phenoxy) is 1. The first-order chi connectivity index (χ1) is 8.87. The Bertz CT molecular complexity index is 547. The fraction of sp³-hybridized carbons (Fsp3) is 0.455. The van der Waals surface area contributed by atoms with Crippen molar-refractivity contribution in [3.8, 4) is 5.75 Å². The minimum atomic E-state index is -3.54. The monoisotopic (exact) mass is 325 g/mol. The molecule has 19 heavy (non-hydrogen) atoms. The van der Waals surface area contributed by atoms with E-state index in [-0.39, 0.29) is 33.3 Å². The lowest BCUT2D eigenvalue weighted by Crippen LogP contribution is -2.25. The molecule has 0 amide bonds. The first-order valence-electron chi connectivity index (χ1n) is 5.67. The largest absolute Gasteiger partial charge is 0.505 e. The summed E-state index contributed by atoms with van der Waals surface area (Å²) in [7, 11) is -3.54. The molecule has 5 nitrogen and oxygen atoms in total. The molecule has 1 heterocycles. The molecule has 0 aliphatic carbocycles. The fourth-order valence-corrected chi connectivity index (χ4v) is 3.67. The number of halogens is 2. The molecule has 8 heteroatoms. The highest BCUT2D eigenvalue weighted by atomic mass is 35.5. The molecular formula is C11H13Cl2NO4S. The van der Waals surface area contributed by atoms with Crippen LogP contribution in [0.25, 0.3) is 0 Å². The van der Waals surface area contributed by atoms with Crippen LogP contribution in [0, 0.1) is 0 Å². The second kappa shape index (κ2) is 5.75. The molecule has 1 atom stereocenters. The Morgan fingerprint density at radius 1 is 1.37 bits per heavy atom. The predicted molar refractivity (Wildman–Crippen MR) is 74.5 cm³/mol. The smallest absolute Gasteiger partial charge is 0.235 e. The number of phenols is 1. The summed E-state index contributed by atoms with van der Waals surface area (Å²) in [6.07, 6.45) is 1.33. The molecule has 1 unspecified atom stereocenters. The van der Waals surface area contributed by atoms with Crippen LogP contribution in [0.15, 0.2) is 12.1 Å². The summed E-state index contributed by atoms with van der Waals surface area (Å²) in [6.45, 7) is 0.594. The molecule has 0 spiro atoms. The van der Waals surface area contributed by atoms with Crippen molar-refractivity contribution >= 4 is 38.9 Å². The Labute approximate surface area is 121 Å². The summed E-state index contributed by atoms with van der Waals surface area (Å²) in [5.74, 6) is -0.381. The van der Waals surface area contributed by atoms with Crippen molar-refractivity contribution < 1.29 is 18.3 Å². The van der Waals surface area contributed by atoms with E-state index in [1.54, 1.807) is 0 Å². The number of nitrogens with one attached hydrogen (secondary N) is 1. The number of sulfonamides is 1. The molecule has 1 fully saturated rings. The van der Waals surface area contributed by atoms with Crippen LogP contribution in [0.5, 0.6) is 5.75 Å². The van der Waals surface area contributed by atoms with Crippen molar-refractivity contribution in [3.63, 3.8) is 0 Å². The van der Waals surface area contributed by atoms with E-state index in [1.807, 2.05) is 0 Å². The van der Waals surface area contributed by atoms with Crippen LogP contribution in [-0.4, -0.2) is 32.0 Å². The molecule has 0 radical (unpaired) electrons. The van der Waals surface area contributed by atoms with Crippen LogP contribution in [-0.2, 0) is 14.8 Å². The zero-order valence-corrected chi connectivity index (χ0v) is 12.2. The molecule has 1 aromatic rings. The SMILES string of the molecule is O=S(=O)(CC1CCCO1)Nc1cc(Cl)c(O)c(Cl)c1. The molecule has 1 saturated heterocycles. The number of hydrogen-bond acceptors (Lipinski definition) is 4. The van der Waals surface area contributed by atoms with Crippen LogP contribution in [0.3, 0.4) is 0 Å². The predicted octanol–water partition coefficient (Wildman–Crippen LogP) is 2.62. The summed E-state index contributed by atoms with van der Waals surface area (Å²) in [5, 5.41) is 9.37. The van der Waals surface area contributed by atoms with Crippen molar-refractivity contribution in [2.24, 2.45) is 0 Å². The fourth-order valence-electron chi connectivity index (χ4n) is 1.87. The van der Waals surface area contributed by atoms with Gasteiger partial charge in [-0.05, 0) is 25.0 Å². The van der Waals surface area contributed by atoms with Gasteiger partial charge in [0.1, 0.15) is 0 Å². The van der Waals surface area contributed by atoms with Gasteiger partial charge in [-0.3, -0.25) is 4.72 Å². The lowest BCUT2D eigenvalue weighted by atomic mass is 10.3. The summed E-state index contributed by atoms with van der Waals surface area (Å²) >= 11 is 11.4. The van der Waals surface area contributed by atoms with E-state index in [0.717, 1.165) is 12.8 Å². The van der Waals surface area contributed by atoms with Gasteiger partial charge in [-0.1, -0.05) is 23.2 Å². The third kappa shape index (κ3) is 3.89. The molecule has 2 rings (SSSR count). The summed E-state index contributed by atoms with van der Waals surface area (Å²) in [5.41, 5.74) is 0.214. The van der Waals surface area contributed by atoms with Gasteiger partial charge in [0.05, 0.1) is 27.6 Å². The third-order valence-electron chi connectivity index (χ3n) is 2.72. The van der Waals surface area contributed by atoms with Crippen LogP contribution < -0.4 is 4.72 Å². The van der Waals surface area contributed by atoms with E-state index in [0.29, 0.717) is 6.61 Å². The Kier molecular flexibility index (Phi) is 4.45. The second-order valence-corrected chi connectivity index (χ2v) is 6.89. The quantitative estimate of drug-likeness (QED) is 0.834. The van der Waals surface area contributed by atoms with Gasteiger partial charge < -0.3 is 9.84 Å². The number of hydrogen-bond donors (Lipinski definition) is 2. The molecule has 106 valence electrons. The molecule has 2 N–H and O–H groups in total. The van der Waals surface area contributed by atoms with Gasteiger partial charge in [-0.2, -0.15) is 0 Å². The van der Waals surface area contributed by atoms with Crippen molar-refractivity contribution in [1.29, 1.82) is 0 Å². The zero-order chi connectivity index (χ0) is 14.0. The van der Waals surface area contributed by atoms with Crippen LogP contribution in [0.1, 0.15) is 12.8 Å². The molecule has 1 aromatic carbocycles. The maximum Gasteiger partial charge on any atom is 0.235 e. The lowest BCUT2D eigenvalue weighted by Gasteiger charge is -2.13. The van der Waals surface area contributed by atoms with Crippen molar-refractivity contribution in [2.45, 2.75) is 18.9 Å². The normalized spacial score (nSPS) is 19.6. The molecule has 0 aromatic heterocycles. The summed E-state index contributed by atoms with van der Waals surface area (Å²) < 4.78 is 31.5. The maximum absolute atomic E-state index is 11.9. The Hall–Kier alpha value is -0.690. The van der Waals surface area contributed by atoms with E-state index in [2.05, 4.69) is 4.72 Å². The minimum absolute atomic E-state index is 0.0117. The second-order valence-electron chi connectivity index (χ2n) is 4.31. The average molecular weight is 326 g/mol. The molecule has 1 aliphatic heterocycles. The zero-order valence-electron chi connectivity index (χ0n) is 9.90. The van der Waals surface area contributed by atoms with Crippen molar-refractivity contribution in [3.05, 3.63) is 22.2 Å². The van der Waals surface area contributed by atoms with E-state index in [1.165, 1.54) is 12.1 Å². The average Bonchev–Trinajstić information content (AvgIpc) is 2.77. The summed E-state index contributed by atoms with van der Waals surface area (Å²) in [4.78, 5) is 0. The molecular weight excluding hydrogens is 313 g/mol. The van der Waals surface area contributed by atoms with Gasteiger partial charge in [0, 0.05) is 6.61 Å². The lowest BCUT2D eigenvalue weighted by molar-refractivity contribution is 0.127. The van der Waals surface area contributed by atoms with Crippen molar-refractivity contribution in [2.75, 3.05) is 17.1 Å². The van der Waals surface area contributed by atoms with E-state index < -0.39 is 10.0 Å². The Morgan fingerprint density at radius 3 is 2.53 bits per heavy atom. The van der Waals surface area contributed by atoms with Gasteiger partial charge in [0.2, 0.25) is 10.0 Å². The van der Waals surface area contributed by atoms with Crippen LogP contribution in [0.4, 0.5) is 5.69 Å². The van der Waals surface area contributed by atoms with Crippen LogP contribution in [0.2, 0.25) is 10.0 Å². The highest BCUT2D eigenvalue weighted by Gasteiger charge is 2.23. The van der Waals surface area contributed by atoms with Crippen LogP contribution >= 0.6 is 23.2 Å². The highest BCUT2D eigenvalue weighted by Crippen LogP contribution is 2.35. The molecule has 1 aliphatic rings. The standard InChI is InChI=1S/C11H13Cl2NO4S/c12-9-4-7(5-10(13)11(9)15)14-19(16,17)6-8-2-1-3-18-8/h4-5,8,14-15H,1-3,6H2. The van der Waals surface area contributed by atoms with Gasteiger partial charge in [0.25, 0.3) is 0 Å². The minimum Gasteiger partial charge on any atom is -0.505 e.